The zero-order valence-corrected chi connectivity index (χ0v) is 10.9. The highest BCUT2D eigenvalue weighted by Gasteiger charge is 2.22. The van der Waals surface area contributed by atoms with Crippen LogP contribution in [0.5, 0.6) is 5.75 Å². The molecule has 0 spiro atoms. The van der Waals surface area contributed by atoms with Crippen LogP contribution in [0.3, 0.4) is 0 Å². The molecular formula is C13H14O7. The number of hydrogen-bond acceptors (Lipinski definition) is 7. The zero-order valence-electron chi connectivity index (χ0n) is 10.9. The van der Waals surface area contributed by atoms with E-state index in [4.69, 9.17) is 14.9 Å². The maximum Gasteiger partial charge on any atom is 0.349 e. The summed E-state index contributed by atoms with van der Waals surface area (Å²) in [6.07, 6.45) is -2.82. The van der Waals surface area contributed by atoms with Crippen molar-refractivity contribution in [2.24, 2.45) is 0 Å². The van der Waals surface area contributed by atoms with Gasteiger partial charge in [-0.15, -0.1) is 0 Å². The molecule has 0 saturated carbocycles. The van der Waals surface area contributed by atoms with E-state index in [0.717, 1.165) is 6.92 Å². The van der Waals surface area contributed by atoms with Crippen LogP contribution in [0.1, 0.15) is 24.2 Å². The number of ether oxygens (including phenoxy) is 2. The van der Waals surface area contributed by atoms with Gasteiger partial charge in [-0.25, -0.2) is 14.4 Å². The summed E-state index contributed by atoms with van der Waals surface area (Å²) in [7, 11) is 0. The number of benzene rings is 1. The summed E-state index contributed by atoms with van der Waals surface area (Å²) in [4.78, 5) is 34.1. The number of rotatable bonds is 4. The van der Waals surface area contributed by atoms with E-state index >= 15 is 0 Å². The summed E-state index contributed by atoms with van der Waals surface area (Å²) >= 11 is 0. The van der Waals surface area contributed by atoms with E-state index in [1.54, 1.807) is 0 Å². The van der Waals surface area contributed by atoms with Crippen LogP contribution >= 0.6 is 0 Å². The van der Waals surface area contributed by atoms with Gasteiger partial charge in [0.15, 0.2) is 0 Å². The first-order chi connectivity index (χ1) is 9.32. The molecule has 0 saturated heterocycles. The SMILES string of the molecule is CC(O)C(=O)OC(=O)c1ccccc1OC(=O)C(C)O. The Balaban J connectivity index is 2.92. The van der Waals surface area contributed by atoms with Crippen molar-refractivity contribution < 1.29 is 34.1 Å². The minimum absolute atomic E-state index is 0.151. The van der Waals surface area contributed by atoms with Gasteiger partial charge in [0.1, 0.15) is 23.5 Å². The molecule has 0 aromatic heterocycles. The maximum absolute atomic E-state index is 11.7. The van der Waals surface area contributed by atoms with Crippen LogP contribution in [0.15, 0.2) is 24.3 Å². The van der Waals surface area contributed by atoms with Gasteiger partial charge in [0.2, 0.25) is 0 Å². The fourth-order valence-corrected chi connectivity index (χ4v) is 1.15. The van der Waals surface area contributed by atoms with Crippen molar-refractivity contribution in [1.29, 1.82) is 0 Å². The number of carbonyl (C=O) groups is 3. The first-order valence-corrected chi connectivity index (χ1v) is 5.75. The van der Waals surface area contributed by atoms with Crippen LogP contribution in [0, 0.1) is 0 Å². The highest BCUT2D eigenvalue weighted by molar-refractivity contribution is 6.00. The van der Waals surface area contributed by atoms with E-state index in [-0.39, 0.29) is 11.3 Å². The van der Waals surface area contributed by atoms with Crippen LogP contribution in [0.2, 0.25) is 0 Å². The highest BCUT2D eigenvalue weighted by Crippen LogP contribution is 2.19. The third-order valence-electron chi connectivity index (χ3n) is 2.19. The Bertz CT molecular complexity index is 519. The van der Waals surface area contributed by atoms with Gasteiger partial charge in [-0.1, -0.05) is 12.1 Å². The van der Waals surface area contributed by atoms with Crippen LogP contribution in [0.4, 0.5) is 0 Å². The Morgan fingerprint density at radius 2 is 1.55 bits per heavy atom. The molecule has 20 heavy (non-hydrogen) atoms. The molecule has 0 amide bonds. The van der Waals surface area contributed by atoms with Crippen molar-refractivity contribution in [3.63, 3.8) is 0 Å². The molecule has 0 fully saturated rings. The summed E-state index contributed by atoms with van der Waals surface area (Å²) in [5.74, 6) is -3.29. The van der Waals surface area contributed by atoms with E-state index in [0.29, 0.717) is 0 Å². The van der Waals surface area contributed by atoms with E-state index < -0.39 is 30.1 Å². The molecule has 0 bridgehead atoms. The van der Waals surface area contributed by atoms with Gasteiger partial charge in [0, 0.05) is 0 Å². The molecule has 7 heteroatoms. The fourth-order valence-electron chi connectivity index (χ4n) is 1.15. The topological polar surface area (TPSA) is 110 Å². The summed E-state index contributed by atoms with van der Waals surface area (Å²) in [5.41, 5.74) is -0.171. The second kappa shape index (κ2) is 6.78. The molecule has 0 radical (unpaired) electrons. The van der Waals surface area contributed by atoms with Gasteiger partial charge in [-0.2, -0.15) is 0 Å². The Labute approximate surface area is 114 Å². The lowest BCUT2D eigenvalue weighted by Gasteiger charge is -2.10. The first-order valence-electron chi connectivity index (χ1n) is 5.75. The number of aliphatic hydroxyl groups is 2. The molecule has 108 valence electrons. The Morgan fingerprint density at radius 3 is 2.10 bits per heavy atom. The van der Waals surface area contributed by atoms with Crippen molar-refractivity contribution in [2.45, 2.75) is 26.1 Å². The van der Waals surface area contributed by atoms with Gasteiger partial charge in [-0.05, 0) is 26.0 Å². The molecule has 0 aliphatic carbocycles. The molecule has 2 atom stereocenters. The number of hydrogen-bond donors (Lipinski definition) is 2. The Hall–Kier alpha value is -2.25. The maximum atomic E-state index is 11.7. The fraction of sp³-hybridized carbons (Fsp3) is 0.308. The smallest absolute Gasteiger partial charge is 0.349 e. The second-order valence-corrected chi connectivity index (χ2v) is 3.98. The molecular weight excluding hydrogens is 268 g/mol. The molecule has 2 N–H and O–H groups in total. The van der Waals surface area contributed by atoms with Crippen molar-refractivity contribution in [3.8, 4) is 5.75 Å². The normalized spacial score (nSPS) is 13.2. The Kier molecular flexibility index (Phi) is 5.36. The predicted octanol–water partition coefficient (Wildman–Crippen LogP) is 0.0370. The quantitative estimate of drug-likeness (QED) is 0.455. The average molecular weight is 282 g/mol. The highest BCUT2D eigenvalue weighted by atomic mass is 16.6. The van der Waals surface area contributed by atoms with Crippen LogP contribution in [-0.4, -0.2) is 40.3 Å². The third-order valence-corrected chi connectivity index (χ3v) is 2.19. The summed E-state index contributed by atoms with van der Waals surface area (Å²) in [6.45, 7) is 2.36. The van der Waals surface area contributed by atoms with Crippen molar-refractivity contribution >= 4 is 17.9 Å². The monoisotopic (exact) mass is 282 g/mol. The molecule has 0 aliphatic rings. The van der Waals surface area contributed by atoms with Gasteiger partial charge in [0.05, 0.1) is 0 Å². The summed E-state index contributed by atoms with van der Waals surface area (Å²) in [6, 6.07) is 5.56. The van der Waals surface area contributed by atoms with Crippen molar-refractivity contribution in [1.82, 2.24) is 0 Å². The molecule has 7 nitrogen and oxygen atoms in total. The molecule has 0 heterocycles. The first kappa shape index (κ1) is 15.8. The number of para-hydroxylation sites is 1. The Morgan fingerprint density at radius 1 is 1.00 bits per heavy atom. The third kappa shape index (κ3) is 4.15. The molecule has 1 aromatic rings. The van der Waals surface area contributed by atoms with Crippen molar-refractivity contribution in [3.05, 3.63) is 29.8 Å². The van der Waals surface area contributed by atoms with E-state index in [1.807, 2.05) is 0 Å². The van der Waals surface area contributed by atoms with E-state index in [1.165, 1.54) is 31.2 Å². The number of carbonyl (C=O) groups excluding carboxylic acids is 3. The second-order valence-electron chi connectivity index (χ2n) is 3.98. The van der Waals surface area contributed by atoms with Gasteiger partial charge in [-0.3, -0.25) is 0 Å². The van der Waals surface area contributed by atoms with Crippen LogP contribution < -0.4 is 4.74 Å². The van der Waals surface area contributed by atoms with Crippen molar-refractivity contribution in [2.75, 3.05) is 0 Å². The van der Waals surface area contributed by atoms with Crippen LogP contribution in [0.25, 0.3) is 0 Å². The zero-order chi connectivity index (χ0) is 15.3. The lowest BCUT2D eigenvalue weighted by molar-refractivity contribution is -0.146. The molecule has 0 aliphatic heterocycles. The van der Waals surface area contributed by atoms with E-state index in [2.05, 4.69) is 4.74 Å². The van der Waals surface area contributed by atoms with Gasteiger partial charge in [0.25, 0.3) is 0 Å². The standard InChI is InChI=1S/C13H14O7/c1-7(14)11(16)19-10-6-4-3-5-9(10)13(18)20-12(17)8(2)15/h3-8,14-15H,1-2H3. The van der Waals surface area contributed by atoms with Gasteiger partial charge < -0.3 is 19.7 Å². The number of aliphatic hydroxyl groups excluding tert-OH is 2. The summed E-state index contributed by atoms with van der Waals surface area (Å²) < 4.78 is 9.21. The minimum atomic E-state index is -1.45. The largest absolute Gasteiger partial charge is 0.424 e. The molecule has 1 rings (SSSR count). The van der Waals surface area contributed by atoms with E-state index in [9.17, 15) is 14.4 Å². The average Bonchev–Trinajstić information content (AvgIpc) is 2.38. The summed E-state index contributed by atoms with van der Waals surface area (Å²) in [5, 5.41) is 18.0. The lowest BCUT2D eigenvalue weighted by atomic mass is 10.2. The predicted molar refractivity (Wildman–Crippen MR) is 65.9 cm³/mol. The van der Waals surface area contributed by atoms with Gasteiger partial charge >= 0.3 is 17.9 Å². The molecule has 1 aromatic carbocycles. The lowest BCUT2D eigenvalue weighted by Crippen LogP contribution is -2.25. The number of esters is 3. The van der Waals surface area contributed by atoms with Crippen LogP contribution in [-0.2, 0) is 14.3 Å². The molecule has 2 unspecified atom stereocenters. The minimum Gasteiger partial charge on any atom is -0.424 e.